The third-order valence-electron chi connectivity index (χ3n) is 4.94. The lowest BCUT2D eigenvalue weighted by molar-refractivity contribution is -0.148. The Labute approximate surface area is 195 Å². The van der Waals surface area contributed by atoms with Crippen LogP contribution in [0.25, 0.3) is 0 Å². The van der Waals surface area contributed by atoms with Crippen LogP contribution in [0.1, 0.15) is 46.1 Å². The Hall–Kier alpha value is -3.14. The molecule has 1 rings (SSSR count). The van der Waals surface area contributed by atoms with Crippen LogP contribution in [0.15, 0.2) is 24.3 Å². The van der Waals surface area contributed by atoms with Crippen LogP contribution in [-0.2, 0) is 25.7 Å². The fraction of sp³-hybridized carbons (Fsp3) is 0.565. The van der Waals surface area contributed by atoms with Crippen LogP contribution >= 0.6 is 0 Å². The number of nitrogens with two attached hydrogens (primary N) is 1. The molecule has 0 saturated heterocycles. The van der Waals surface area contributed by atoms with Gasteiger partial charge in [0.05, 0.1) is 12.0 Å². The van der Waals surface area contributed by atoms with Gasteiger partial charge in [0.25, 0.3) is 0 Å². The highest BCUT2D eigenvalue weighted by atomic mass is 16.5. The van der Waals surface area contributed by atoms with E-state index in [4.69, 9.17) is 10.5 Å². The lowest BCUT2D eigenvalue weighted by Crippen LogP contribution is -2.52. The molecule has 0 aliphatic heterocycles. The van der Waals surface area contributed by atoms with Gasteiger partial charge < -0.3 is 31.7 Å². The number of nitrogens with one attached hydrogen (secondary N) is 4. The van der Waals surface area contributed by atoms with E-state index in [0.29, 0.717) is 25.1 Å². The standard InChI is InChI=1S/C23H37N5O5/c1-14(2)19(25-5)21(30)28-18(7-6-12-26-23(24)32)20(29)27-17-10-8-16(9-11-17)13-33-22(31)15(3)4/h8-11,14-15,18-19,25H,6-7,12-13H2,1-5H3,(H,27,29)(H,28,30)(H3,24,26,32). The van der Waals surface area contributed by atoms with Gasteiger partial charge in [-0.3, -0.25) is 14.4 Å². The van der Waals surface area contributed by atoms with E-state index >= 15 is 0 Å². The van der Waals surface area contributed by atoms with E-state index in [2.05, 4.69) is 21.3 Å². The van der Waals surface area contributed by atoms with Gasteiger partial charge in [-0.2, -0.15) is 0 Å². The minimum absolute atomic E-state index is 0.0348. The molecule has 0 aliphatic carbocycles. The lowest BCUT2D eigenvalue weighted by Gasteiger charge is -2.24. The highest BCUT2D eigenvalue weighted by Crippen LogP contribution is 2.13. The highest BCUT2D eigenvalue weighted by Gasteiger charge is 2.26. The third kappa shape index (κ3) is 10.3. The highest BCUT2D eigenvalue weighted by molar-refractivity contribution is 5.97. The minimum atomic E-state index is -0.798. The number of carbonyl (C=O) groups excluding carboxylic acids is 4. The fourth-order valence-corrected chi connectivity index (χ4v) is 3.05. The zero-order valence-corrected chi connectivity index (χ0v) is 20.1. The number of hydrogen-bond acceptors (Lipinski definition) is 6. The molecule has 0 saturated carbocycles. The first kappa shape index (κ1) is 27.9. The molecule has 0 spiro atoms. The second-order valence-electron chi connectivity index (χ2n) is 8.45. The summed E-state index contributed by atoms with van der Waals surface area (Å²) < 4.78 is 5.20. The SMILES string of the molecule is CNC(C(=O)NC(CCCNC(N)=O)C(=O)Nc1ccc(COC(=O)C(C)C)cc1)C(C)C. The average molecular weight is 464 g/mol. The van der Waals surface area contributed by atoms with Crippen molar-refractivity contribution in [2.45, 2.75) is 59.2 Å². The monoisotopic (exact) mass is 463 g/mol. The second kappa shape index (κ2) is 14.1. The number of esters is 1. The summed E-state index contributed by atoms with van der Waals surface area (Å²) in [5.74, 6) is -1.10. The Morgan fingerprint density at radius 3 is 2.15 bits per heavy atom. The Bertz CT molecular complexity index is 795. The third-order valence-corrected chi connectivity index (χ3v) is 4.94. The van der Waals surface area contributed by atoms with Gasteiger partial charge in [-0.05, 0) is 43.5 Å². The Kier molecular flexibility index (Phi) is 11.9. The van der Waals surface area contributed by atoms with Crippen LogP contribution in [0, 0.1) is 11.8 Å². The van der Waals surface area contributed by atoms with Gasteiger partial charge >= 0.3 is 12.0 Å². The molecule has 0 bridgehead atoms. The maximum atomic E-state index is 12.9. The molecule has 0 heterocycles. The Morgan fingerprint density at radius 2 is 1.64 bits per heavy atom. The van der Waals surface area contributed by atoms with E-state index in [-0.39, 0.29) is 36.2 Å². The average Bonchev–Trinajstić information content (AvgIpc) is 2.74. The van der Waals surface area contributed by atoms with Crippen molar-refractivity contribution in [2.24, 2.45) is 17.6 Å². The van der Waals surface area contributed by atoms with E-state index in [1.54, 1.807) is 45.2 Å². The first-order chi connectivity index (χ1) is 15.5. The minimum Gasteiger partial charge on any atom is -0.461 e. The number of ether oxygens (including phenoxy) is 1. The molecule has 0 aromatic heterocycles. The van der Waals surface area contributed by atoms with Crippen molar-refractivity contribution in [3.8, 4) is 0 Å². The zero-order valence-electron chi connectivity index (χ0n) is 20.1. The van der Waals surface area contributed by atoms with Gasteiger partial charge in [-0.25, -0.2) is 4.79 Å². The van der Waals surface area contributed by atoms with Crippen LogP contribution in [-0.4, -0.2) is 49.5 Å². The number of urea groups is 1. The van der Waals surface area contributed by atoms with Crippen molar-refractivity contribution in [1.29, 1.82) is 0 Å². The van der Waals surface area contributed by atoms with E-state index in [1.165, 1.54) is 0 Å². The molecule has 0 aliphatic rings. The topological polar surface area (TPSA) is 152 Å². The predicted octanol–water partition coefficient (Wildman–Crippen LogP) is 1.50. The quantitative estimate of drug-likeness (QED) is 0.221. The van der Waals surface area contributed by atoms with Crippen molar-refractivity contribution in [3.63, 3.8) is 0 Å². The summed E-state index contributed by atoms with van der Waals surface area (Å²) in [6.45, 7) is 7.79. The first-order valence-electron chi connectivity index (χ1n) is 11.1. The molecule has 0 fully saturated rings. The smallest absolute Gasteiger partial charge is 0.312 e. The number of likely N-dealkylation sites (N-methyl/N-ethyl adjacent to an activating group) is 1. The number of amides is 4. The van der Waals surface area contributed by atoms with Crippen molar-refractivity contribution in [3.05, 3.63) is 29.8 Å². The van der Waals surface area contributed by atoms with E-state index in [0.717, 1.165) is 5.56 Å². The molecule has 10 heteroatoms. The molecule has 2 unspecified atom stereocenters. The number of rotatable bonds is 13. The Balaban J connectivity index is 2.79. The maximum Gasteiger partial charge on any atom is 0.312 e. The van der Waals surface area contributed by atoms with Crippen molar-refractivity contribution < 1.29 is 23.9 Å². The molecule has 4 amide bonds. The number of hydrogen-bond donors (Lipinski definition) is 5. The summed E-state index contributed by atoms with van der Waals surface area (Å²) in [5, 5.41) is 11.0. The molecule has 1 aromatic carbocycles. The van der Waals surface area contributed by atoms with Gasteiger partial charge in [0.15, 0.2) is 0 Å². The summed E-state index contributed by atoms with van der Waals surface area (Å²) in [4.78, 5) is 48.0. The van der Waals surface area contributed by atoms with E-state index in [9.17, 15) is 19.2 Å². The van der Waals surface area contributed by atoms with Gasteiger partial charge in [0.2, 0.25) is 11.8 Å². The molecule has 2 atom stereocenters. The van der Waals surface area contributed by atoms with Gasteiger partial charge in [-0.1, -0.05) is 39.8 Å². The number of anilines is 1. The molecule has 10 nitrogen and oxygen atoms in total. The summed E-state index contributed by atoms with van der Waals surface area (Å²) in [6, 6.07) is 5.02. The van der Waals surface area contributed by atoms with Crippen LogP contribution in [0.3, 0.4) is 0 Å². The van der Waals surface area contributed by atoms with Crippen LogP contribution < -0.4 is 27.0 Å². The molecular weight excluding hydrogens is 426 g/mol. The molecular formula is C23H37N5O5. The summed E-state index contributed by atoms with van der Waals surface area (Å²) >= 11 is 0. The van der Waals surface area contributed by atoms with Gasteiger partial charge in [0, 0.05) is 12.2 Å². The first-order valence-corrected chi connectivity index (χ1v) is 11.1. The molecule has 184 valence electrons. The van der Waals surface area contributed by atoms with Crippen LogP contribution in [0.2, 0.25) is 0 Å². The second-order valence-corrected chi connectivity index (χ2v) is 8.45. The summed E-state index contributed by atoms with van der Waals surface area (Å²) in [5.41, 5.74) is 6.41. The summed E-state index contributed by atoms with van der Waals surface area (Å²) in [7, 11) is 1.69. The molecule has 0 radical (unpaired) electrons. The maximum absolute atomic E-state index is 12.9. The summed E-state index contributed by atoms with van der Waals surface area (Å²) in [6.07, 6.45) is 0.767. The van der Waals surface area contributed by atoms with Gasteiger partial charge in [0.1, 0.15) is 12.6 Å². The fourth-order valence-electron chi connectivity index (χ4n) is 3.05. The van der Waals surface area contributed by atoms with Gasteiger partial charge in [-0.15, -0.1) is 0 Å². The number of carbonyl (C=O) groups is 4. The van der Waals surface area contributed by atoms with Crippen LogP contribution in [0.5, 0.6) is 0 Å². The van der Waals surface area contributed by atoms with E-state index in [1.807, 2.05) is 13.8 Å². The van der Waals surface area contributed by atoms with Crippen molar-refractivity contribution >= 4 is 29.5 Å². The van der Waals surface area contributed by atoms with Crippen molar-refractivity contribution in [1.82, 2.24) is 16.0 Å². The largest absolute Gasteiger partial charge is 0.461 e. The molecule has 1 aromatic rings. The van der Waals surface area contributed by atoms with E-state index < -0.39 is 18.1 Å². The Morgan fingerprint density at radius 1 is 1.00 bits per heavy atom. The predicted molar refractivity (Wildman–Crippen MR) is 126 cm³/mol. The zero-order chi connectivity index (χ0) is 25.0. The van der Waals surface area contributed by atoms with Crippen LogP contribution in [0.4, 0.5) is 10.5 Å². The normalized spacial score (nSPS) is 12.7. The lowest BCUT2D eigenvalue weighted by atomic mass is 10.0. The number of benzene rings is 1. The molecule has 33 heavy (non-hydrogen) atoms. The molecule has 6 N–H and O–H groups in total. The van der Waals surface area contributed by atoms with Crippen molar-refractivity contribution in [2.75, 3.05) is 18.9 Å². The number of primary amides is 1.